The molecule has 0 atom stereocenters. The number of hydrogen-bond acceptors (Lipinski definition) is 4. The molecule has 0 unspecified atom stereocenters. The molecule has 2 N–H and O–H groups in total. The third-order valence-corrected chi connectivity index (χ3v) is 0.772. The summed E-state index contributed by atoms with van der Waals surface area (Å²) >= 11 is 0. The number of hydrogen-bond donors (Lipinski definition) is 2. The van der Waals surface area contributed by atoms with Crippen LogP contribution >= 0.6 is 0 Å². The molecule has 0 saturated heterocycles. The summed E-state index contributed by atoms with van der Waals surface area (Å²) in [6.45, 7) is 0. The van der Waals surface area contributed by atoms with E-state index in [0.717, 1.165) is 6.20 Å². The normalized spacial score (nSPS) is 8.89. The molecule has 0 radical (unpaired) electrons. The van der Waals surface area contributed by atoms with E-state index in [-0.39, 0.29) is 11.4 Å². The lowest BCUT2D eigenvalue weighted by Gasteiger charge is -1.83. The minimum Gasteiger partial charge on any atom is -0.324 e. The van der Waals surface area contributed by atoms with Crippen LogP contribution in [0.5, 0.6) is 0 Å². The van der Waals surface area contributed by atoms with Crippen molar-refractivity contribution in [3.05, 3.63) is 22.7 Å². The van der Waals surface area contributed by atoms with Gasteiger partial charge in [-0.2, -0.15) is 0 Å². The van der Waals surface area contributed by atoms with Gasteiger partial charge >= 0.3 is 0 Å². The molecule has 0 aliphatic heterocycles. The molecule has 1 aromatic rings. The van der Waals surface area contributed by atoms with Gasteiger partial charge in [0.2, 0.25) is 0 Å². The fraction of sp³-hybridized carbons (Fsp3) is 0. The quantitative estimate of drug-likeness (QED) is 0.532. The molecule has 0 spiro atoms. The number of aromatic nitrogens is 2. The highest BCUT2D eigenvalue weighted by Gasteiger charge is 1.85. The molecule has 9 heavy (non-hydrogen) atoms. The Balaban J connectivity index is 3.16. The predicted octanol–water partition coefficient (Wildman–Crippen LogP) is 0.432. The van der Waals surface area contributed by atoms with Crippen LogP contribution in [-0.4, -0.2) is 9.97 Å². The van der Waals surface area contributed by atoms with Crippen LogP contribution in [0.25, 0.3) is 0 Å². The monoisotopic (exact) mass is 124 g/mol. The Morgan fingerprint density at radius 3 is 3.00 bits per heavy atom. The molecule has 0 aliphatic carbocycles. The molecule has 46 valence electrons. The van der Waals surface area contributed by atoms with Crippen molar-refractivity contribution in [3.63, 3.8) is 0 Å². The average molecular weight is 124 g/mol. The van der Waals surface area contributed by atoms with Gasteiger partial charge in [0, 0.05) is 0 Å². The van der Waals surface area contributed by atoms with Gasteiger partial charge in [-0.1, -0.05) is 0 Å². The van der Waals surface area contributed by atoms with Gasteiger partial charge in [-0.15, -0.1) is 5.11 Å². The van der Waals surface area contributed by atoms with Gasteiger partial charge in [-0.25, -0.2) is 10.5 Å². The smallest absolute Gasteiger partial charge is 0.266 e. The van der Waals surface area contributed by atoms with Crippen molar-refractivity contribution in [2.24, 2.45) is 5.11 Å². The van der Waals surface area contributed by atoms with Gasteiger partial charge in [-0.3, -0.25) is 4.79 Å². The van der Waals surface area contributed by atoms with Crippen molar-refractivity contribution in [2.45, 2.75) is 0 Å². The lowest BCUT2D eigenvalue weighted by Crippen LogP contribution is -2.02. The van der Waals surface area contributed by atoms with Crippen molar-refractivity contribution >= 4 is 5.82 Å². The number of nitrogens with one attached hydrogen (secondary N) is 2. The van der Waals surface area contributed by atoms with E-state index in [9.17, 15) is 4.79 Å². The second kappa shape index (κ2) is 2.17. The fourth-order valence-electron chi connectivity index (χ4n) is 0.396. The second-order valence-electron chi connectivity index (χ2n) is 1.38. The van der Waals surface area contributed by atoms with Crippen molar-refractivity contribution < 1.29 is 0 Å². The third-order valence-electron chi connectivity index (χ3n) is 0.772. The van der Waals surface area contributed by atoms with Crippen molar-refractivity contribution in [1.29, 1.82) is 5.53 Å². The number of H-pyrrole nitrogens is 1. The van der Waals surface area contributed by atoms with E-state index in [1.807, 2.05) is 0 Å². The molecule has 1 rings (SSSR count). The summed E-state index contributed by atoms with van der Waals surface area (Å²) < 4.78 is 0. The second-order valence-corrected chi connectivity index (χ2v) is 1.38. The maximum Gasteiger partial charge on any atom is 0.266 e. The Morgan fingerprint density at radius 2 is 2.56 bits per heavy atom. The first-order chi connectivity index (χ1) is 4.33. The predicted molar refractivity (Wildman–Crippen MR) is 29.7 cm³/mol. The van der Waals surface area contributed by atoms with E-state index in [4.69, 9.17) is 5.53 Å². The first-order valence-electron chi connectivity index (χ1n) is 2.25. The summed E-state index contributed by atoms with van der Waals surface area (Å²) in [5.74, 6) is 0.203. The topological polar surface area (TPSA) is 82.0 Å². The largest absolute Gasteiger partial charge is 0.324 e. The van der Waals surface area contributed by atoms with Crippen LogP contribution in [0, 0.1) is 5.53 Å². The van der Waals surface area contributed by atoms with Gasteiger partial charge in [-0.05, 0) is 0 Å². The summed E-state index contributed by atoms with van der Waals surface area (Å²) in [5, 5.41) is 2.98. The van der Waals surface area contributed by atoms with E-state index in [1.165, 1.54) is 6.20 Å². The first kappa shape index (κ1) is 5.61. The van der Waals surface area contributed by atoms with E-state index in [1.54, 1.807) is 0 Å². The van der Waals surface area contributed by atoms with Gasteiger partial charge in [0.15, 0.2) is 5.82 Å². The van der Waals surface area contributed by atoms with Crippen molar-refractivity contribution in [3.8, 4) is 0 Å². The summed E-state index contributed by atoms with van der Waals surface area (Å²) in [6, 6.07) is 0. The van der Waals surface area contributed by atoms with Crippen molar-refractivity contribution in [2.75, 3.05) is 0 Å². The molecule has 0 aliphatic rings. The van der Waals surface area contributed by atoms with E-state index >= 15 is 0 Å². The van der Waals surface area contributed by atoms with E-state index < -0.39 is 0 Å². The molecular weight excluding hydrogens is 120 g/mol. The summed E-state index contributed by atoms with van der Waals surface area (Å²) in [5.41, 5.74) is 6.17. The zero-order chi connectivity index (χ0) is 6.69. The van der Waals surface area contributed by atoms with Crippen LogP contribution in [0.3, 0.4) is 0 Å². The number of aromatic amines is 1. The minimum atomic E-state index is -0.289. The SMILES string of the molecule is N=Nc1c[nH]c(=O)cn1. The van der Waals surface area contributed by atoms with E-state index in [0.29, 0.717) is 0 Å². The summed E-state index contributed by atoms with van der Waals surface area (Å²) in [7, 11) is 0. The molecule has 0 amide bonds. The van der Waals surface area contributed by atoms with Crippen LogP contribution in [-0.2, 0) is 0 Å². The highest BCUT2D eigenvalue weighted by Crippen LogP contribution is 1.97. The van der Waals surface area contributed by atoms with Crippen LogP contribution in [0.15, 0.2) is 22.3 Å². The zero-order valence-corrected chi connectivity index (χ0v) is 4.46. The highest BCUT2D eigenvalue weighted by molar-refractivity contribution is 5.17. The maximum atomic E-state index is 10.3. The Hall–Kier alpha value is -1.52. The van der Waals surface area contributed by atoms with Crippen LogP contribution in [0.1, 0.15) is 0 Å². The summed E-state index contributed by atoms with van der Waals surface area (Å²) in [4.78, 5) is 16.1. The first-order valence-corrected chi connectivity index (χ1v) is 2.25. The molecule has 0 saturated carbocycles. The number of rotatable bonds is 1. The summed E-state index contributed by atoms with van der Waals surface area (Å²) in [6.07, 6.45) is 2.35. The molecule has 1 aromatic heterocycles. The molecule has 5 nitrogen and oxygen atoms in total. The van der Waals surface area contributed by atoms with Crippen LogP contribution in [0.4, 0.5) is 5.82 Å². The lowest BCUT2D eigenvalue weighted by molar-refractivity contribution is 1.04. The Bertz CT molecular complexity index is 245. The molecule has 0 aromatic carbocycles. The molecule has 5 heteroatoms. The average Bonchev–Trinajstić information content (AvgIpc) is 1.90. The zero-order valence-electron chi connectivity index (χ0n) is 4.46. The van der Waals surface area contributed by atoms with Crippen LogP contribution in [0.2, 0.25) is 0 Å². The third kappa shape index (κ3) is 1.18. The lowest BCUT2D eigenvalue weighted by atomic mass is 10.7. The van der Waals surface area contributed by atoms with Crippen LogP contribution < -0.4 is 5.56 Å². The van der Waals surface area contributed by atoms with Gasteiger partial charge in [0.1, 0.15) is 0 Å². The number of nitrogens with zero attached hydrogens (tertiary/aromatic N) is 2. The van der Waals surface area contributed by atoms with Gasteiger partial charge in [0.25, 0.3) is 5.56 Å². The van der Waals surface area contributed by atoms with Gasteiger partial charge < -0.3 is 4.98 Å². The standard InChI is InChI=1S/C4H4N4O/c5-8-3-1-7-4(9)2-6-3/h1-2,5H,(H,7,9). The molecule has 0 fully saturated rings. The van der Waals surface area contributed by atoms with Crippen molar-refractivity contribution in [1.82, 2.24) is 9.97 Å². The highest BCUT2D eigenvalue weighted by atomic mass is 16.1. The fourth-order valence-corrected chi connectivity index (χ4v) is 0.396. The minimum absolute atomic E-state index is 0.203. The molecule has 0 bridgehead atoms. The Morgan fingerprint density at radius 1 is 1.78 bits per heavy atom. The molecular formula is C4H4N4O. The maximum absolute atomic E-state index is 10.3. The van der Waals surface area contributed by atoms with Gasteiger partial charge in [0.05, 0.1) is 12.4 Å². The van der Waals surface area contributed by atoms with E-state index in [2.05, 4.69) is 15.1 Å². The Kier molecular flexibility index (Phi) is 1.35. The Labute approximate surface area is 50.3 Å². The molecule has 1 heterocycles.